The largest absolute Gasteiger partial charge is 0.492 e. The molecule has 0 atom stereocenters. The van der Waals surface area contributed by atoms with E-state index in [0.717, 1.165) is 22.3 Å². The van der Waals surface area contributed by atoms with Crippen molar-refractivity contribution in [1.82, 2.24) is 0 Å². The third-order valence-electron chi connectivity index (χ3n) is 4.52. The first-order valence-electron chi connectivity index (χ1n) is 9.79. The van der Waals surface area contributed by atoms with E-state index in [1.807, 2.05) is 12.1 Å². The number of halogens is 1. The Morgan fingerprint density at radius 2 is 1.77 bits per heavy atom. The quantitative estimate of drug-likeness (QED) is 0.374. The third-order valence-corrected chi connectivity index (χ3v) is 4.52. The number of rotatable bonds is 11. The van der Waals surface area contributed by atoms with E-state index >= 15 is 0 Å². The molecule has 0 fully saturated rings. The molecule has 2 aromatic rings. The van der Waals surface area contributed by atoms with Crippen molar-refractivity contribution in [2.45, 2.75) is 19.8 Å². The first-order valence-corrected chi connectivity index (χ1v) is 9.79. The topological polar surface area (TPSA) is 60.7 Å². The molecule has 0 unspecified atom stereocenters. The maximum Gasteiger partial charge on any atom is 0.169 e. The summed E-state index contributed by atoms with van der Waals surface area (Å²) < 4.78 is 35.7. The van der Waals surface area contributed by atoms with Crippen molar-refractivity contribution in [1.29, 1.82) is 5.26 Å². The maximum absolute atomic E-state index is 13.5. The van der Waals surface area contributed by atoms with Crippen molar-refractivity contribution in [2.75, 3.05) is 40.6 Å². The molecule has 0 radical (unpaired) electrons. The van der Waals surface area contributed by atoms with Gasteiger partial charge < -0.3 is 18.9 Å². The molecule has 0 aromatic heterocycles. The number of methoxy groups -OCH3 is 2. The molecular formula is C24H28FNO4. The number of nitriles is 1. The highest BCUT2D eigenvalue weighted by Crippen LogP contribution is 2.45. The summed E-state index contributed by atoms with van der Waals surface area (Å²) >= 11 is 0. The van der Waals surface area contributed by atoms with Crippen LogP contribution in [0.15, 0.2) is 36.4 Å². The molecule has 0 spiro atoms. The molecule has 30 heavy (non-hydrogen) atoms. The zero-order valence-electron chi connectivity index (χ0n) is 17.9. The molecule has 0 aliphatic rings. The Morgan fingerprint density at radius 3 is 2.37 bits per heavy atom. The van der Waals surface area contributed by atoms with Gasteiger partial charge in [0.05, 0.1) is 33.0 Å². The number of hydrogen-bond acceptors (Lipinski definition) is 5. The molecule has 0 saturated carbocycles. The van der Waals surface area contributed by atoms with Crippen LogP contribution < -0.4 is 9.47 Å². The van der Waals surface area contributed by atoms with Gasteiger partial charge in [0.1, 0.15) is 12.4 Å². The minimum absolute atomic E-state index is 0.161. The van der Waals surface area contributed by atoms with Crippen LogP contribution in [0.1, 0.15) is 30.9 Å². The van der Waals surface area contributed by atoms with Crippen molar-refractivity contribution in [3.8, 4) is 28.7 Å². The summed E-state index contributed by atoms with van der Waals surface area (Å²) in [5.74, 6) is 0.941. The summed E-state index contributed by atoms with van der Waals surface area (Å²) in [5.41, 5.74) is 3.37. The molecule has 0 aliphatic heterocycles. The van der Waals surface area contributed by atoms with Gasteiger partial charge in [0, 0.05) is 18.7 Å². The Bertz CT molecular complexity index is 886. The lowest BCUT2D eigenvalue weighted by Gasteiger charge is -2.22. The fourth-order valence-electron chi connectivity index (χ4n) is 3.12. The van der Waals surface area contributed by atoms with Crippen molar-refractivity contribution in [3.63, 3.8) is 0 Å². The van der Waals surface area contributed by atoms with Gasteiger partial charge >= 0.3 is 0 Å². The molecular weight excluding hydrogens is 385 g/mol. The lowest BCUT2D eigenvalue weighted by atomic mass is 9.88. The lowest BCUT2D eigenvalue weighted by Crippen LogP contribution is -2.11. The molecule has 6 heteroatoms. The molecule has 0 amide bonds. The molecule has 5 nitrogen and oxygen atoms in total. The predicted molar refractivity (Wildman–Crippen MR) is 115 cm³/mol. The zero-order valence-corrected chi connectivity index (χ0v) is 17.9. The van der Waals surface area contributed by atoms with Crippen molar-refractivity contribution < 1.29 is 23.3 Å². The number of allylic oxidation sites excluding steroid dienone is 1. The number of nitrogens with zero attached hydrogens (tertiary/aromatic N) is 1. The van der Waals surface area contributed by atoms with Gasteiger partial charge in [0.2, 0.25) is 0 Å². The summed E-state index contributed by atoms with van der Waals surface area (Å²) in [6, 6.07) is 10.2. The lowest BCUT2D eigenvalue weighted by molar-refractivity contribution is 0.0540. The highest BCUT2D eigenvalue weighted by atomic mass is 19.1. The van der Waals surface area contributed by atoms with Gasteiger partial charge in [-0.1, -0.05) is 26.0 Å². The van der Waals surface area contributed by atoms with E-state index < -0.39 is 0 Å². The fourth-order valence-corrected chi connectivity index (χ4v) is 3.12. The highest BCUT2D eigenvalue weighted by molar-refractivity contribution is 5.85. The second kappa shape index (κ2) is 12.0. The van der Waals surface area contributed by atoms with Crippen LogP contribution in [0.2, 0.25) is 0 Å². The Labute approximate surface area is 177 Å². The highest BCUT2D eigenvalue weighted by Gasteiger charge is 2.21. The van der Waals surface area contributed by atoms with Crippen LogP contribution in [-0.2, 0) is 9.47 Å². The van der Waals surface area contributed by atoms with E-state index in [1.54, 1.807) is 32.4 Å². The number of ether oxygens (including phenoxy) is 4. The minimum Gasteiger partial charge on any atom is -0.492 e. The van der Waals surface area contributed by atoms with Crippen LogP contribution >= 0.6 is 0 Å². The van der Waals surface area contributed by atoms with E-state index in [4.69, 9.17) is 24.2 Å². The fraction of sp³-hybridized carbons (Fsp3) is 0.375. The summed E-state index contributed by atoms with van der Waals surface area (Å²) in [6.45, 7) is 5.90. The standard InChI is InChI=1S/C24H28FNO4/c1-17(2)21-16-22(30-15-14-29-13-12-27-3)24(28-4)23(20(21)6-5-11-26)18-7-9-19(25)10-8-18/h5-10,16-17H,12-15H2,1-4H3/b6-5+. The molecule has 0 aliphatic carbocycles. The van der Waals surface area contributed by atoms with E-state index in [9.17, 15) is 4.39 Å². The summed E-state index contributed by atoms with van der Waals surface area (Å²) in [5, 5.41) is 9.08. The normalized spacial score (nSPS) is 11.1. The Morgan fingerprint density at radius 1 is 1.07 bits per heavy atom. The van der Waals surface area contributed by atoms with Crippen molar-refractivity contribution >= 4 is 6.08 Å². The third kappa shape index (κ3) is 6.06. The molecule has 0 saturated heterocycles. The van der Waals surface area contributed by atoms with E-state index in [0.29, 0.717) is 37.9 Å². The molecule has 160 valence electrons. The molecule has 0 N–H and O–H groups in total. The van der Waals surface area contributed by atoms with Crippen LogP contribution in [0.4, 0.5) is 4.39 Å². The Hall–Kier alpha value is -2.88. The van der Waals surface area contributed by atoms with Gasteiger partial charge in [0.25, 0.3) is 0 Å². The van der Waals surface area contributed by atoms with Gasteiger partial charge in [-0.3, -0.25) is 0 Å². The van der Waals surface area contributed by atoms with Crippen LogP contribution in [-0.4, -0.2) is 40.6 Å². The van der Waals surface area contributed by atoms with Gasteiger partial charge in [-0.15, -0.1) is 0 Å². The van der Waals surface area contributed by atoms with Gasteiger partial charge in [-0.05, 0) is 46.9 Å². The Kier molecular flexibility index (Phi) is 9.33. The van der Waals surface area contributed by atoms with E-state index in [2.05, 4.69) is 13.8 Å². The monoisotopic (exact) mass is 413 g/mol. The van der Waals surface area contributed by atoms with Crippen molar-refractivity contribution in [2.24, 2.45) is 0 Å². The average molecular weight is 413 g/mol. The summed E-state index contributed by atoms with van der Waals surface area (Å²) in [4.78, 5) is 0. The van der Waals surface area contributed by atoms with E-state index in [1.165, 1.54) is 18.2 Å². The Balaban J connectivity index is 2.53. The molecule has 2 rings (SSSR count). The minimum atomic E-state index is -0.323. The van der Waals surface area contributed by atoms with Gasteiger partial charge in [0.15, 0.2) is 11.5 Å². The maximum atomic E-state index is 13.5. The first kappa shape index (κ1) is 23.4. The number of hydrogen-bond donors (Lipinski definition) is 0. The molecule has 2 aromatic carbocycles. The number of benzene rings is 2. The van der Waals surface area contributed by atoms with Crippen LogP contribution in [0.5, 0.6) is 11.5 Å². The van der Waals surface area contributed by atoms with E-state index in [-0.39, 0.29) is 11.7 Å². The second-order valence-electron chi connectivity index (χ2n) is 6.86. The zero-order chi connectivity index (χ0) is 21.9. The average Bonchev–Trinajstić information content (AvgIpc) is 2.74. The smallest absolute Gasteiger partial charge is 0.169 e. The first-order chi connectivity index (χ1) is 14.5. The van der Waals surface area contributed by atoms with Gasteiger partial charge in [-0.25, -0.2) is 4.39 Å². The van der Waals surface area contributed by atoms with Gasteiger partial charge in [-0.2, -0.15) is 5.26 Å². The SMILES string of the molecule is COCCOCCOc1cc(C(C)C)c(/C=C/C#N)c(-c2ccc(F)cc2)c1OC. The molecule has 0 heterocycles. The summed E-state index contributed by atoms with van der Waals surface area (Å²) in [6.07, 6.45) is 3.19. The molecule has 0 bridgehead atoms. The van der Waals surface area contributed by atoms with Crippen LogP contribution in [0.25, 0.3) is 17.2 Å². The van der Waals surface area contributed by atoms with Crippen LogP contribution in [0, 0.1) is 17.1 Å². The predicted octanol–water partition coefficient (Wildman–Crippen LogP) is 5.20. The summed E-state index contributed by atoms with van der Waals surface area (Å²) in [7, 11) is 3.19. The van der Waals surface area contributed by atoms with Crippen LogP contribution in [0.3, 0.4) is 0 Å². The van der Waals surface area contributed by atoms with Crippen molar-refractivity contribution in [3.05, 3.63) is 53.4 Å². The second-order valence-corrected chi connectivity index (χ2v) is 6.86.